The van der Waals surface area contributed by atoms with E-state index in [4.69, 9.17) is 0 Å². The number of phenolic OH excluding ortho intramolecular Hbond substituents is 1. The highest BCUT2D eigenvalue weighted by atomic mass is 16.4. The van der Waals surface area contributed by atoms with Gasteiger partial charge in [0, 0.05) is 35.1 Å². The molecule has 2 amide bonds. The average molecular weight is 510 g/mol. The number of carboxylic acid groups (broad SMARTS) is 1. The minimum Gasteiger partial charge on any atom is -0.508 e. The number of aryl methyl sites for hydroxylation is 1. The lowest BCUT2D eigenvalue weighted by Gasteiger charge is -2.31. The number of aromatic hydroxyl groups is 1. The minimum atomic E-state index is -1.78. The third-order valence-corrected chi connectivity index (χ3v) is 8.05. The van der Waals surface area contributed by atoms with Gasteiger partial charge in [-0.05, 0) is 41.8 Å². The summed E-state index contributed by atoms with van der Waals surface area (Å²) in [6.45, 7) is 2.01. The van der Waals surface area contributed by atoms with Crippen molar-refractivity contribution < 1.29 is 24.6 Å². The SMILES string of the molecule is CCc1ccc(N2C(=O)[C@@H]3[C@@H](C2=O)[C@](Cc2c[nH]c4ccccc24)(C(=O)O)N[C@H]3c2ccccc2O)cc1. The van der Waals surface area contributed by atoms with Crippen molar-refractivity contribution in [2.45, 2.75) is 31.3 Å². The Morgan fingerprint density at radius 2 is 1.68 bits per heavy atom. The first-order chi connectivity index (χ1) is 18.4. The maximum atomic E-state index is 14.1. The number of anilines is 1. The molecule has 0 aliphatic carbocycles. The van der Waals surface area contributed by atoms with Crippen LogP contribution in [0.2, 0.25) is 0 Å². The molecule has 0 saturated carbocycles. The van der Waals surface area contributed by atoms with E-state index in [1.807, 2.05) is 43.3 Å². The van der Waals surface area contributed by atoms with Crippen LogP contribution in [0.1, 0.15) is 29.7 Å². The molecule has 3 heterocycles. The maximum absolute atomic E-state index is 14.1. The van der Waals surface area contributed by atoms with E-state index in [-0.39, 0.29) is 12.2 Å². The Morgan fingerprint density at radius 3 is 2.39 bits per heavy atom. The van der Waals surface area contributed by atoms with E-state index in [1.165, 1.54) is 6.07 Å². The normalized spacial score (nSPS) is 24.8. The molecule has 1 aromatic heterocycles. The van der Waals surface area contributed by atoms with Gasteiger partial charge in [0.15, 0.2) is 0 Å². The lowest BCUT2D eigenvalue weighted by atomic mass is 9.76. The lowest BCUT2D eigenvalue weighted by Crippen LogP contribution is -2.57. The Hall–Kier alpha value is -4.43. The summed E-state index contributed by atoms with van der Waals surface area (Å²) in [7, 11) is 0. The first kappa shape index (κ1) is 23.9. The summed E-state index contributed by atoms with van der Waals surface area (Å²) >= 11 is 0. The number of nitrogens with zero attached hydrogens (tertiary/aromatic N) is 1. The van der Waals surface area contributed by atoms with E-state index in [9.17, 15) is 24.6 Å². The molecule has 3 aromatic carbocycles. The summed E-state index contributed by atoms with van der Waals surface area (Å²) in [5.74, 6) is -4.52. The highest BCUT2D eigenvalue weighted by Gasteiger charge is 2.69. The number of amides is 2. The number of aliphatic carboxylic acids is 1. The van der Waals surface area contributed by atoms with Gasteiger partial charge in [-0.15, -0.1) is 0 Å². The van der Waals surface area contributed by atoms with Crippen molar-refractivity contribution in [1.29, 1.82) is 0 Å². The zero-order valence-electron chi connectivity index (χ0n) is 20.7. The molecule has 4 N–H and O–H groups in total. The van der Waals surface area contributed by atoms with Gasteiger partial charge < -0.3 is 15.2 Å². The molecule has 4 aromatic rings. The second-order valence-electron chi connectivity index (χ2n) is 10.0. The first-order valence-corrected chi connectivity index (χ1v) is 12.7. The molecule has 192 valence electrons. The molecule has 2 fully saturated rings. The standard InChI is InChI=1S/C30H27N3O5/c1-2-17-11-13-19(14-12-17)33-27(35)24-25(28(33)36)30(29(37)38,32-26(24)21-8-4-6-10-23(21)34)15-18-16-31-22-9-5-3-7-20(18)22/h3-14,16,24-26,31-32,34H,2,15H2,1H3,(H,37,38)/t24-,25+,26+,30-/m1/s1. The fourth-order valence-electron chi connectivity index (χ4n) is 6.17. The van der Waals surface area contributed by atoms with Crippen LogP contribution in [-0.4, -0.2) is 38.5 Å². The number of phenols is 1. The van der Waals surface area contributed by atoms with E-state index in [2.05, 4.69) is 10.3 Å². The number of imide groups is 1. The van der Waals surface area contributed by atoms with E-state index < -0.39 is 41.2 Å². The van der Waals surface area contributed by atoms with Gasteiger partial charge in [-0.3, -0.25) is 19.7 Å². The monoisotopic (exact) mass is 509 g/mol. The summed E-state index contributed by atoms with van der Waals surface area (Å²) in [5, 5.41) is 25.4. The molecule has 38 heavy (non-hydrogen) atoms. The number of para-hydroxylation sites is 2. The van der Waals surface area contributed by atoms with Crippen molar-refractivity contribution in [1.82, 2.24) is 10.3 Å². The smallest absolute Gasteiger partial charge is 0.325 e. The lowest BCUT2D eigenvalue weighted by molar-refractivity contribution is -0.148. The molecule has 0 unspecified atom stereocenters. The summed E-state index contributed by atoms with van der Waals surface area (Å²) in [5.41, 5.74) is 1.64. The van der Waals surface area contributed by atoms with Gasteiger partial charge in [0.2, 0.25) is 11.8 Å². The van der Waals surface area contributed by atoms with Crippen LogP contribution in [0.4, 0.5) is 5.69 Å². The van der Waals surface area contributed by atoms with Gasteiger partial charge in [0.05, 0.1) is 17.5 Å². The highest BCUT2D eigenvalue weighted by Crippen LogP contribution is 2.52. The van der Waals surface area contributed by atoms with Gasteiger partial charge >= 0.3 is 5.97 Å². The number of nitrogens with one attached hydrogen (secondary N) is 2. The number of carbonyl (C=O) groups is 3. The van der Waals surface area contributed by atoms with Crippen LogP contribution in [0.15, 0.2) is 79.0 Å². The van der Waals surface area contributed by atoms with Gasteiger partial charge in [0.1, 0.15) is 11.3 Å². The quantitative estimate of drug-likeness (QED) is 0.292. The third-order valence-electron chi connectivity index (χ3n) is 8.05. The second-order valence-corrected chi connectivity index (χ2v) is 10.0. The van der Waals surface area contributed by atoms with E-state index >= 15 is 0 Å². The van der Waals surface area contributed by atoms with Crippen LogP contribution in [-0.2, 0) is 27.2 Å². The van der Waals surface area contributed by atoms with Gasteiger partial charge in [-0.25, -0.2) is 4.90 Å². The number of carboxylic acids is 1. The van der Waals surface area contributed by atoms with Gasteiger partial charge in [-0.1, -0.05) is 55.5 Å². The molecule has 2 saturated heterocycles. The molecule has 2 aliphatic rings. The predicted molar refractivity (Wildman–Crippen MR) is 142 cm³/mol. The fraction of sp³-hybridized carbons (Fsp3) is 0.233. The summed E-state index contributed by atoms with van der Waals surface area (Å²) in [6, 6.07) is 20.4. The molecule has 2 aliphatic heterocycles. The number of hydrogen-bond acceptors (Lipinski definition) is 5. The molecule has 0 bridgehead atoms. The molecule has 6 rings (SSSR count). The van der Waals surface area contributed by atoms with Crippen LogP contribution >= 0.6 is 0 Å². The second kappa shape index (κ2) is 8.85. The summed E-state index contributed by atoms with van der Waals surface area (Å²) < 4.78 is 0. The molecule has 8 nitrogen and oxygen atoms in total. The number of aromatic amines is 1. The van der Waals surface area contributed by atoms with Crippen LogP contribution in [0.5, 0.6) is 5.75 Å². The van der Waals surface area contributed by atoms with Gasteiger partial charge in [-0.2, -0.15) is 0 Å². The largest absolute Gasteiger partial charge is 0.508 e. The van der Waals surface area contributed by atoms with Crippen LogP contribution in [0.25, 0.3) is 10.9 Å². The number of hydrogen-bond donors (Lipinski definition) is 4. The number of carbonyl (C=O) groups excluding carboxylic acids is 2. The Bertz CT molecular complexity index is 1580. The topological polar surface area (TPSA) is 123 Å². The van der Waals surface area contributed by atoms with Gasteiger partial charge in [0.25, 0.3) is 0 Å². The number of aromatic nitrogens is 1. The van der Waals surface area contributed by atoms with Crippen molar-refractivity contribution >= 4 is 34.4 Å². The van der Waals surface area contributed by atoms with E-state index in [0.29, 0.717) is 11.3 Å². The highest BCUT2D eigenvalue weighted by molar-refractivity contribution is 6.24. The Labute approximate surface area is 218 Å². The average Bonchev–Trinajstić information content (AvgIpc) is 3.57. The minimum absolute atomic E-state index is 0.0285. The molecule has 4 atom stereocenters. The third kappa shape index (κ3) is 3.44. The van der Waals surface area contributed by atoms with Crippen LogP contribution in [0.3, 0.4) is 0 Å². The molecule has 8 heteroatoms. The van der Waals surface area contributed by atoms with E-state index in [1.54, 1.807) is 36.5 Å². The fourth-order valence-corrected chi connectivity index (χ4v) is 6.17. The molecular weight excluding hydrogens is 482 g/mol. The van der Waals surface area contributed by atoms with E-state index in [0.717, 1.165) is 33.4 Å². The Morgan fingerprint density at radius 1 is 0.974 bits per heavy atom. The van der Waals surface area contributed by atoms with Crippen LogP contribution < -0.4 is 10.2 Å². The first-order valence-electron chi connectivity index (χ1n) is 12.7. The van der Waals surface area contributed by atoms with Crippen LogP contribution in [0, 0.1) is 11.8 Å². The predicted octanol–water partition coefficient (Wildman–Crippen LogP) is 3.95. The molecule has 0 spiro atoms. The summed E-state index contributed by atoms with van der Waals surface area (Å²) in [6.07, 6.45) is 2.53. The van der Waals surface area contributed by atoms with Crippen molar-refractivity contribution in [2.24, 2.45) is 11.8 Å². The number of benzene rings is 3. The summed E-state index contributed by atoms with van der Waals surface area (Å²) in [4.78, 5) is 45.5. The van der Waals surface area contributed by atoms with Crippen molar-refractivity contribution in [2.75, 3.05) is 4.90 Å². The van der Waals surface area contributed by atoms with Crippen molar-refractivity contribution in [3.63, 3.8) is 0 Å². The van der Waals surface area contributed by atoms with Crippen molar-refractivity contribution in [3.8, 4) is 5.75 Å². The number of H-pyrrole nitrogens is 1. The molecule has 0 radical (unpaired) electrons. The zero-order chi connectivity index (χ0) is 26.6. The number of fused-ring (bicyclic) bond motifs is 2. The number of rotatable bonds is 6. The molecular formula is C30H27N3O5. The Balaban J connectivity index is 1.51. The maximum Gasteiger partial charge on any atom is 0.325 e. The Kier molecular flexibility index (Phi) is 5.57. The van der Waals surface area contributed by atoms with Crippen molar-refractivity contribution in [3.05, 3.63) is 95.7 Å². The zero-order valence-corrected chi connectivity index (χ0v) is 20.7.